The van der Waals surface area contributed by atoms with Gasteiger partial charge < -0.3 is 10.3 Å². The van der Waals surface area contributed by atoms with E-state index in [-0.39, 0.29) is 24.4 Å². The van der Waals surface area contributed by atoms with Crippen LogP contribution < -0.4 is 10.9 Å². The number of nitrogens with one attached hydrogen (secondary N) is 2. The molecule has 0 aliphatic rings. The van der Waals surface area contributed by atoms with Crippen LogP contribution in [0.3, 0.4) is 0 Å². The molecule has 29 heavy (non-hydrogen) atoms. The van der Waals surface area contributed by atoms with E-state index < -0.39 is 0 Å². The van der Waals surface area contributed by atoms with Crippen molar-refractivity contribution >= 4 is 39.8 Å². The van der Waals surface area contributed by atoms with Gasteiger partial charge in [-0.05, 0) is 47.1 Å². The maximum atomic E-state index is 12.6. The molecule has 0 saturated heterocycles. The fraction of sp³-hybridized carbons (Fsp3) is 0.174. The SMILES string of the molecule is O=C(CCn1c(=S)[nH]c2ccccc2c1=O)NCCc1cccc2ccccc12. The van der Waals surface area contributed by atoms with E-state index in [0.29, 0.717) is 22.2 Å². The number of carbonyl (C=O) groups is 1. The van der Waals surface area contributed by atoms with E-state index in [0.717, 1.165) is 6.42 Å². The predicted molar refractivity (Wildman–Crippen MR) is 119 cm³/mol. The molecule has 0 aliphatic carbocycles. The lowest BCUT2D eigenvalue weighted by Crippen LogP contribution is -2.29. The highest BCUT2D eigenvalue weighted by Gasteiger charge is 2.08. The van der Waals surface area contributed by atoms with Crippen LogP contribution in [-0.4, -0.2) is 22.0 Å². The Morgan fingerprint density at radius 3 is 2.55 bits per heavy atom. The standard InChI is InChI=1S/C23H21N3O2S/c27-21(24-14-12-17-8-5-7-16-6-1-2-9-18(16)17)13-15-26-22(28)19-10-3-4-11-20(19)25-23(26)29/h1-11H,12-15H2,(H,24,27)(H,25,29). The fourth-order valence-electron chi connectivity index (χ4n) is 3.55. The zero-order chi connectivity index (χ0) is 20.2. The molecule has 2 N–H and O–H groups in total. The highest BCUT2D eigenvalue weighted by Crippen LogP contribution is 2.18. The third-order valence-electron chi connectivity index (χ3n) is 5.05. The van der Waals surface area contributed by atoms with E-state index in [1.807, 2.05) is 36.4 Å². The van der Waals surface area contributed by atoms with Gasteiger partial charge in [0, 0.05) is 19.5 Å². The maximum Gasteiger partial charge on any atom is 0.262 e. The van der Waals surface area contributed by atoms with Crippen LogP contribution in [0.4, 0.5) is 0 Å². The minimum Gasteiger partial charge on any atom is -0.356 e. The minimum atomic E-state index is -0.173. The zero-order valence-corrected chi connectivity index (χ0v) is 16.7. The van der Waals surface area contributed by atoms with Crippen LogP contribution in [0.5, 0.6) is 0 Å². The first-order valence-electron chi connectivity index (χ1n) is 9.59. The van der Waals surface area contributed by atoms with Gasteiger partial charge >= 0.3 is 0 Å². The Hall–Kier alpha value is -3.25. The Morgan fingerprint density at radius 2 is 1.69 bits per heavy atom. The number of carbonyl (C=O) groups excluding carboxylic acids is 1. The molecule has 3 aromatic carbocycles. The van der Waals surface area contributed by atoms with Gasteiger partial charge in [-0.3, -0.25) is 14.2 Å². The molecule has 0 fully saturated rings. The minimum absolute atomic E-state index is 0.0975. The number of H-pyrrole nitrogens is 1. The van der Waals surface area contributed by atoms with Gasteiger partial charge in [-0.25, -0.2) is 0 Å². The van der Waals surface area contributed by atoms with Crippen LogP contribution >= 0.6 is 12.2 Å². The molecule has 0 radical (unpaired) electrons. The summed E-state index contributed by atoms with van der Waals surface area (Å²) in [5.41, 5.74) is 1.74. The number of fused-ring (bicyclic) bond motifs is 2. The summed E-state index contributed by atoms with van der Waals surface area (Å²) in [4.78, 5) is 28.0. The van der Waals surface area contributed by atoms with E-state index >= 15 is 0 Å². The van der Waals surface area contributed by atoms with Crippen molar-refractivity contribution in [2.45, 2.75) is 19.4 Å². The molecule has 0 atom stereocenters. The molecule has 0 saturated carbocycles. The van der Waals surface area contributed by atoms with E-state index in [1.54, 1.807) is 6.07 Å². The topological polar surface area (TPSA) is 66.9 Å². The summed E-state index contributed by atoms with van der Waals surface area (Å²) in [6.45, 7) is 0.797. The van der Waals surface area contributed by atoms with Crippen molar-refractivity contribution in [3.63, 3.8) is 0 Å². The Kier molecular flexibility index (Phi) is 5.53. The van der Waals surface area contributed by atoms with Gasteiger partial charge in [0.2, 0.25) is 5.91 Å². The molecule has 1 heterocycles. The second kappa shape index (κ2) is 8.41. The van der Waals surface area contributed by atoms with Crippen molar-refractivity contribution in [2.75, 3.05) is 6.54 Å². The second-order valence-electron chi connectivity index (χ2n) is 6.92. The first-order valence-corrected chi connectivity index (χ1v) is 9.99. The van der Waals surface area contributed by atoms with Crippen molar-refractivity contribution in [1.29, 1.82) is 0 Å². The molecule has 4 rings (SSSR count). The molecule has 0 bridgehead atoms. The molecular formula is C23H21N3O2S. The van der Waals surface area contributed by atoms with Crippen molar-refractivity contribution < 1.29 is 4.79 Å². The van der Waals surface area contributed by atoms with Gasteiger partial charge in [-0.15, -0.1) is 0 Å². The molecule has 5 nitrogen and oxygen atoms in total. The predicted octanol–water partition coefficient (Wildman–Crippen LogP) is 3.96. The van der Waals surface area contributed by atoms with E-state index in [2.05, 4.69) is 34.6 Å². The first kappa shape index (κ1) is 19.1. The molecule has 0 spiro atoms. The quantitative estimate of drug-likeness (QED) is 0.479. The summed E-state index contributed by atoms with van der Waals surface area (Å²) in [6.07, 6.45) is 0.953. The third kappa shape index (κ3) is 4.12. The summed E-state index contributed by atoms with van der Waals surface area (Å²) >= 11 is 5.29. The third-order valence-corrected chi connectivity index (χ3v) is 5.37. The molecule has 146 valence electrons. The Morgan fingerprint density at radius 1 is 0.966 bits per heavy atom. The number of aromatic nitrogens is 2. The maximum absolute atomic E-state index is 12.6. The van der Waals surface area contributed by atoms with Crippen LogP contribution in [0.25, 0.3) is 21.7 Å². The highest BCUT2D eigenvalue weighted by molar-refractivity contribution is 7.71. The van der Waals surface area contributed by atoms with Crippen LogP contribution in [0, 0.1) is 4.77 Å². The van der Waals surface area contributed by atoms with E-state index in [1.165, 1.54) is 20.9 Å². The average Bonchev–Trinajstić information content (AvgIpc) is 2.74. The van der Waals surface area contributed by atoms with Crippen molar-refractivity contribution in [1.82, 2.24) is 14.9 Å². The van der Waals surface area contributed by atoms with E-state index in [4.69, 9.17) is 12.2 Å². The molecule has 1 aromatic heterocycles. The van der Waals surface area contributed by atoms with E-state index in [9.17, 15) is 9.59 Å². The van der Waals surface area contributed by atoms with Crippen LogP contribution in [-0.2, 0) is 17.8 Å². The number of hydrogen-bond donors (Lipinski definition) is 2. The van der Waals surface area contributed by atoms with Crippen molar-refractivity contribution in [3.8, 4) is 0 Å². The number of aromatic amines is 1. The molecule has 1 amide bonds. The van der Waals surface area contributed by atoms with Gasteiger partial charge in [0.1, 0.15) is 0 Å². The number of benzene rings is 3. The molecule has 6 heteroatoms. The largest absolute Gasteiger partial charge is 0.356 e. The second-order valence-corrected chi connectivity index (χ2v) is 7.31. The fourth-order valence-corrected chi connectivity index (χ4v) is 3.83. The Bertz CT molecular complexity index is 1300. The Labute approximate surface area is 173 Å². The van der Waals surface area contributed by atoms with Gasteiger partial charge in [0.25, 0.3) is 5.56 Å². The van der Waals surface area contributed by atoms with Crippen molar-refractivity contribution in [2.24, 2.45) is 0 Å². The summed E-state index contributed by atoms with van der Waals surface area (Å²) < 4.78 is 1.78. The highest BCUT2D eigenvalue weighted by atomic mass is 32.1. The molecule has 0 aliphatic heterocycles. The number of amides is 1. The lowest BCUT2D eigenvalue weighted by Gasteiger charge is -2.10. The summed E-state index contributed by atoms with van der Waals surface area (Å²) in [7, 11) is 0. The van der Waals surface area contributed by atoms with Gasteiger partial charge in [-0.2, -0.15) is 0 Å². The van der Waals surface area contributed by atoms with Gasteiger partial charge in [-0.1, -0.05) is 54.6 Å². The number of para-hydroxylation sites is 1. The normalized spacial score (nSPS) is 11.0. The molecular weight excluding hydrogens is 382 g/mol. The van der Waals surface area contributed by atoms with Crippen LogP contribution in [0.15, 0.2) is 71.5 Å². The zero-order valence-electron chi connectivity index (χ0n) is 15.9. The van der Waals surface area contributed by atoms with Gasteiger partial charge in [0.05, 0.1) is 10.9 Å². The smallest absolute Gasteiger partial charge is 0.262 e. The molecule has 4 aromatic rings. The first-order chi connectivity index (χ1) is 14.1. The average molecular weight is 404 g/mol. The van der Waals surface area contributed by atoms with Crippen molar-refractivity contribution in [3.05, 3.63) is 87.4 Å². The van der Waals surface area contributed by atoms with Crippen LogP contribution in [0.2, 0.25) is 0 Å². The Balaban J connectivity index is 1.38. The summed E-state index contributed by atoms with van der Waals surface area (Å²) in [6, 6.07) is 21.7. The number of hydrogen-bond acceptors (Lipinski definition) is 3. The summed E-state index contributed by atoms with van der Waals surface area (Å²) in [5, 5.41) is 5.91. The monoisotopic (exact) mass is 403 g/mol. The lowest BCUT2D eigenvalue weighted by atomic mass is 10.0. The number of rotatable bonds is 6. The summed E-state index contributed by atoms with van der Waals surface area (Å²) in [5.74, 6) is -0.0975. The lowest BCUT2D eigenvalue weighted by molar-refractivity contribution is -0.121. The van der Waals surface area contributed by atoms with Crippen LogP contribution in [0.1, 0.15) is 12.0 Å². The number of nitrogens with zero attached hydrogens (tertiary/aromatic N) is 1. The van der Waals surface area contributed by atoms with Gasteiger partial charge in [0.15, 0.2) is 4.77 Å². The molecule has 0 unspecified atom stereocenters.